The average Bonchev–Trinajstić information content (AvgIpc) is 2.36. The van der Waals surface area contributed by atoms with Gasteiger partial charge in [-0.15, -0.1) is 0 Å². The summed E-state index contributed by atoms with van der Waals surface area (Å²) in [6, 6.07) is 0.987. The molecule has 1 heterocycles. The van der Waals surface area contributed by atoms with Crippen LogP contribution in [0.4, 0.5) is 13.2 Å². The third-order valence-corrected chi connectivity index (χ3v) is 3.34. The molecule has 0 radical (unpaired) electrons. The minimum atomic E-state index is -1.19. The maximum absolute atomic E-state index is 13.8. The van der Waals surface area contributed by atoms with E-state index in [-0.39, 0.29) is 18.2 Å². The van der Waals surface area contributed by atoms with E-state index in [4.69, 9.17) is 10.5 Å². The molecule has 19 heavy (non-hydrogen) atoms. The molecule has 0 aromatic heterocycles. The van der Waals surface area contributed by atoms with Gasteiger partial charge in [0.1, 0.15) is 5.82 Å². The SMILES string of the molecule is CC1CN(C(CN)c2cc(F)c(F)cc2F)CCO1. The Morgan fingerprint density at radius 1 is 1.32 bits per heavy atom. The molecule has 1 aliphatic rings. The van der Waals surface area contributed by atoms with Crippen LogP contribution in [0.25, 0.3) is 0 Å². The maximum Gasteiger partial charge on any atom is 0.161 e. The van der Waals surface area contributed by atoms with E-state index in [1.807, 2.05) is 11.8 Å². The Hall–Kier alpha value is -1.11. The Labute approximate surface area is 110 Å². The minimum absolute atomic E-state index is 0.0103. The van der Waals surface area contributed by atoms with Crippen molar-refractivity contribution in [2.45, 2.75) is 19.1 Å². The monoisotopic (exact) mass is 274 g/mol. The number of hydrogen-bond donors (Lipinski definition) is 1. The minimum Gasteiger partial charge on any atom is -0.376 e. The number of morpholine rings is 1. The molecule has 1 aliphatic heterocycles. The molecule has 1 aromatic carbocycles. The van der Waals surface area contributed by atoms with Gasteiger partial charge in [0.05, 0.1) is 18.8 Å². The molecule has 2 unspecified atom stereocenters. The molecule has 2 N–H and O–H groups in total. The average molecular weight is 274 g/mol. The first-order valence-electron chi connectivity index (χ1n) is 6.23. The lowest BCUT2D eigenvalue weighted by Gasteiger charge is -2.37. The second-order valence-corrected chi connectivity index (χ2v) is 4.72. The number of ether oxygens (including phenoxy) is 1. The third-order valence-electron chi connectivity index (χ3n) is 3.34. The highest BCUT2D eigenvalue weighted by Crippen LogP contribution is 2.26. The van der Waals surface area contributed by atoms with Crippen molar-refractivity contribution < 1.29 is 17.9 Å². The van der Waals surface area contributed by atoms with E-state index in [1.165, 1.54) is 0 Å². The maximum atomic E-state index is 13.8. The van der Waals surface area contributed by atoms with Crippen LogP contribution in [0.2, 0.25) is 0 Å². The first kappa shape index (κ1) is 14.3. The molecular formula is C13H17F3N2O. The first-order valence-corrected chi connectivity index (χ1v) is 6.23. The summed E-state index contributed by atoms with van der Waals surface area (Å²) >= 11 is 0. The predicted molar refractivity (Wildman–Crippen MR) is 65.1 cm³/mol. The van der Waals surface area contributed by atoms with Crippen molar-refractivity contribution in [1.29, 1.82) is 0 Å². The Morgan fingerprint density at radius 2 is 2.00 bits per heavy atom. The molecular weight excluding hydrogens is 257 g/mol. The van der Waals surface area contributed by atoms with Crippen molar-refractivity contribution in [3.05, 3.63) is 35.1 Å². The lowest BCUT2D eigenvalue weighted by Crippen LogP contribution is -2.45. The van der Waals surface area contributed by atoms with E-state index >= 15 is 0 Å². The van der Waals surface area contributed by atoms with Gasteiger partial charge in [-0.2, -0.15) is 0 Å². The Morgan fingerprint density at radius 3 is 2.63 bits per heavy atom. The molecule has 0 bridgehead atoms. The quantitative estimate of drug-likeness (QED) is 0.855. The van der Waals surface area contributed by atoms with Crippen molar-refractivity contribution in [2.24, 2.45) is 5.73 Å². The summed E-state index contributed by atoms with van der Waals surface area (Å²) < 4.78 is 45.4. The standard InChI is InChI=1S/C13H17F3N2O/c1-8-7-18(2-3-19-8)13(6-17)9-4-11(15)12(16)5-10(9)14/h4-5,8,13H,2-3,6-7,17H2,1H3. The van der Waals surface area contributed by atoms with Crippen LogP contribution < -0.4 is 5.73 Å². The predicted octanol–water partition coefficient (Wildman–Crippen LogP) is 1.82. The number of nitrogens with zero attached hydrogens (tertiary/aromatic N) is 1. The van der Waals surface area contributed by atoms with Gasteiger partial charge in [-0.25, -0.2) is 13.2 Å². The van der Waals surface area contributed by atoms with Gasteiger partial charge < -0.3 is 10.5 Å². The second-order valence-electron chi connectivity index (χ2n) is 4.72. The summed E-state index contributed by atoms with van der Waals surface area (Å²) in [7, 11) is 0. The van der Waals surface area contributed by atoms with Crippen molar-refractivity contribution in [1.82, 2.24) is 4.90 Å². The van der Waals surface area contributed by atoms with E-state index in [0.717, 1.165) is 6.07 Å². The van der Waals surface area contributed by atoms with Crippen molar-refractivity contribution >= 4 is 0 Å². The lowest BCUT2D eigenvalue weighted by molar-refractivity contribution is -0.0338. The van der Waals surface area contributed by atoms with E-state index < -0.39 is 23.5 Å². The van der Waals surface area contributed by atoms with Gasteiger partial charge in [-0.3, -0.25) is 4.90 Å². The molecule has 0 amide bonds. The van der Waals surface area contributed by atoms with Gasteiger partial charge in [0, 0.05) is 31.3 Å². The fraction of sp³-hybridized carbons (Fsp3) is 0.538. The van der Waals surface area contributed by atoms with E-state index in [2.05, 4.69) is 0 Å². The molecule has 1 aromatic rings. The van der Waals surface area contributed by atoms with Crippen LogP contribution in [0.5, 0.6) is 0 Å². The van der Waals surface area contributed by atoms with Gasteiger partial charge in [0.2, 0.25) is 0 Å². The number of halogens is 3. The largest absolute Gasteiger partial charge is 0.376 e. The van der Waals surface area contributed by atoms with Crippen molar-refractivity contribution in [2.75, 3.05) is 26.2 Å². The molecule has 6 heteroatoms. The highest BCUT2D eigenvalue weighted by atomic mass is 19.2. The molecule has 0 spiro atoms. The van der Waals surface area contributed by atoms with Gasteiger partial charge in [-0.1, -0.05) is 0 Å². The fourth-order valence-electron chi connectivity index (χ4n) is 2.39. The molecule has 1 saturated heterocycles. The van der Waals surface area contributed by atoms with Gasteiger partial charge in [-0.05, 0) is 13.0 Å². The van der Waals surface area contributed by atoms with Crippen LogP contribution in [-0.4, -0.2) is 37.2 Å². The van der Waals surface area contributed by atoms with Crippen LogP contribution >= 0.6 is 0 Å². The van der Waals surface area contributed by atoms with Crippen molar-refractivity contribution in [3.63, 3.8) is 0 Å². The van der Waals surface area contributed by atoms with Crippen LogP contribution in [0.3, 0.4) is 0 Å². The zero-order valence-electron chi connectivity index (χ0n) is 10.7. The third kappa shape index (κ3) is 3.08. The molecule has 2 atom stereocenters. The molecule has 3 nitrogen and oxygen atoms in total. The zero-order chi connectivity index (χ0) is 14.0. The number of rotatable bonds is 3. The van der Waals surface area contributed by atoms with Crippen LogP contribution in [0.1, 0.15) is 18.5 Å². The van der Waals surface area contributed by atoms with Crippen LogP contribution in [-0.2, 0) is 4.74 Å². The van der Waals surface area contributed by atoms with E-state index in [9.17, 15) is 13.2 Å². The van der Waals surface area contributed by atoms with Gasteiger partial charge in [0.25, 0.3) is 0 Å². The summed E-state index contributed by atoms with van der Waals surface area (Å²) in [6.45, 7) is 3.73. The van der Waals surface area contributed by atoms with Crippen molar-refractivity contribution in [3.8, 4) is 0 Å². The normalized spacial score (nSPS) is 22.5. The highest BCUT2D eigenvalue weighted by molar-refractivity contribution is 5.24. The van der Waals surface area contributed by atoms with E-state index in [0.29, 0.717) is 25.8 Å². The highest BCUT2D eigenvalue weighted by Gasteiger charge is 2.27. The molecule has 0 aliphatic carbocycles. The topological polar surface area (TPSA) is 38.5 Å². The zero-order valence-corrected chi connectivity index (χ0v) is 10.7. The molecule has 0 saturated carbocycles. The fourth-order valence-corrected chi connectivity index (χ4v) is 2.39. The second kappa shape index (κ2) is 5.90. The molecule has 2 rings (SSSR count). The lowest BCUT2D eigenvalue weighted by atomic mass is 10.0. The summed E-state index contributed by atoms with van der Waals surface area (Å²) in [5.41, 5.74) is 5.77. The number of nitrogens with two attached hydrogens (primary N) is 1. The van der Waals surface area contributed by atoms with E-state index in [1.54, 1.807) is 0 Å². The van der Waals surface area contributed by atoms with Gasteiger partial charge >= 0.3 is 0 Å². The summed E-state index contributed by atoms with van der Waals surface area (Å²) in [5.74, 6) is -3.02. The molecule has 106 valence electrons. The Kier molecular flexibility index (Phi) is 4.44. The first-order chi connectivity index (χ1) is 9.02. The number of hydrogen-bond acceptors (Lipinski definition) is 3. The number of benzene rings is 1. The molecule has 1 fully saturated rings. The van der Waals surface area contributed by atoms with Gasteiger partial charge in [0.15, 0.2) is 11.6 Å². The van der Waals surface area contributed by atoms with Crippen LogP contribution in [0, 0.1) is 17.5 Å². The van der Waals surface area contributed by atoms with Crippen LogP contribution in [0.15, 0.2) is 12.1 Å². The Bertz CT molecular complexity index is 456. The summed E-state index contributed by atoms with van der Waals surface area (Å²) in [4.78, 5) is 1.93. The summed E-state index contributed by atoms with van der Waals surface area (Å²) in [5, 5.41) is 0. The Balaban J connectivity index is 2.28. The smallest absolute Gasteiger partial charge is 0.161 e. The summed E-state index contributed by atoms with van der Waals surface area (Å²) in [6.07, 6.45) is 0.0103.